The summed E-state index contributed by atoms with van der Waals surface area (Å²) in [6.45, 7) is 3.19. The van der Waals surface area contributed by atoms with Gasteiger partial charge in [0, 0.05) is 19.3 Å². The number of carbonyl (C=O) groups is 1. The second-order valence-electron chi connectivity index (χ2n) is 5.43. The molecule has 112 valence electrons. The van der Waals surface area contributed by atoms with Crippen molar-refractivity contribution in [3.63, 3.8) is 0 Å². The van der Waals surface area contributed by atoms with E-state index in [9.17, 15) is 9.90 Å². The monoisotopic (exact) mass is 307 g/mol. The first-order chi connectivity index (χ1) is 10.0. The first-order valence-electron chi connectivity index (χ1n) is 7.07. The van der Waals surface area contributed by atoms with Crippen LogP contribution in [0.25, 0.3) is 0 Å². The van der Waals surface area contributed by atoms with Crippen LogP contribution in [0.2, 0.25) is 5.02 Å². The van der Waals surface area contributed by atoms with Gasteiger partial charge in [-0.25, -0.2) is 4.98 Å². The molecule has 0 radical (unpaired) electrons. The molecule has 1 aromatic heterocycles. The number of rotatable bonds is 4. The van der Waals surface area contributed by atoms with E-state index in [1.54, 1.807) is 12.3 Å². The van der Waals surface area contributed by atoms with Gasteiger partial charge >= 0.3 is 5.97 Å². The van der Waals surface area contributed by atoms with Crippen molar-refractivity contribution in [2.24, 2.45) is 5.41 Å². The maximum absolute atomic E-state index is 11.6. The number of carboxylic acids is 1. The van der Waals surface area contributed by atoms with E-state index in [2.05, 4.69) is 4.98 Å². The minimum atomic E-state index is -0.714. The molecule has 0 aromatic carbocycles. The normalized spacial score (nSPS) is 17.3. The van der Waals surface area contributed by atoms with Crippen LogP contribution in [0.3, 0.4) is 0 Å². The molecule has 0 bridgehead atoms. The van der Waals surface area contributed by atoms with Crippen molar-refractivity contribution >= 4 is 23.4 Å². The zero-order valence-corrected chi connectivity index (χ0v) is 12.7. The Morgan fingerprint density at radius 3 is 2.76 bits per heavy atom. The van der Waals surface area contributed by atoms with Crippen LogP contribution in [0.5, 0.6) is 0 Å². The molecule has 0 atom stereocenters. The maximum atomic E-state index is 11.6. The number of nitrogens with zero attached hydrogens (tertiary/aromatic N) is 3. The van der Waals surface area contributed by atoms with Gasteiger partial charge in [0.2, 0.25) is 0 Å². The highest BCUT2D eigenvalue weighted by molar-refractivity contribution is 6.34. The summed E-state index contributed by atoms with van der Waals surface area (Å²) in [6, 6.07) is 3.61. The summed E-state index contributed by atoms with van der Waals surface area (Å²) in [5.41, 5.74) is -0.241. The fourth-order valence-corrected chi connectivity index (χ4v) is 3.21. The smallest absolute Gasteiger partial charge is 0.309 e. The molecule has 1 aromatic rings. The van der Waals surface area contributed by atoms with Gasteiger partial charge in [0.25, 0.3) is 0 Å². The van der Waals surface area contributed by atoms with Crippen LogP contribution in [-0.4, -0.2) is 29.1 Å². The van der Waals surface area contributed by atoms with Gasteiger partial charge in [-0.2, -0.15) is 5.26 Å². The topological polar surface area (TPSA) is 77.2 Å². The Balaban J connectivity index is 2.18. The molecule has 6 heteroatoms. The molecule has 1 aliphatic rings. The molecule has 1 aliphatic heterocycles. The fraction of sp³-hybridized carbons (Fsp3) is 0.533. The number of anilines is 1. The van der Waals surface area contributed by atoms with Crippen molar-refractivity contribution in [1.29, 1.82) is 5.26 Å². The third-order valence-electron chi connectivity index (χ3n) is 4.19. The van der Waals surface area contributed by atoms with Crippen LogP contribution >= 0.6 is 11.6 Å². The van der Waals surface area contributed by atoms with Gasteiger partial charge in [0.05, 0.1) is 11.0 Å². The first kappa shape index (κ1) is 15.6. The molecule has 2 heterocycles. The molecule has 0 spiro atoms. The number of carboxylic acid groups (broad SMARTS) is 1. The van der Waals surface area contributed by atoms with Crippen molar-refractivity contribution < 1.29 is 9.90 Å². The number of hydrogen-bond donors (Lipinski definition) is 1. The molecule has 0 amide bonds. The van der Waals surface area contributed by atoms with Gasteiger partial charge in [-0.05, 0) is 25.3 Å². The fourth-order valence-electron chi connectivity index (χ4n) is 2.94. The molecular formula is C15H18ClN3O2. The summed E-state index contributed by atoms with van der Waals surface area (Å²) in [4.78, 5) is 17.8. The van der Waals surface area contributed by atoms with E-state index >= 15 is 0 Å². The largest absolute Gasteiger partial charge is 0.481 e. The van der Waals surface area contributed by atoms with Gasteiger partial charge < -0.3 is 10.0 Å². The van der Waals surface area contributed by atoms with E-state index in [0.29, 0.717) is 48.8 Å². The van der Waals surface area contributed by atoms with Gasteiger partial charge in [-0.1, -0.05) is 24.9 Å². The lowest BCUT2D eigenvalue weighted by atomic mass is 9.75. The average Bonchev–Trinajstić information content (AvgIpc) is 2.48. The number of piperidine rings is 1. The standard InChI is InChI=1S/C15H18ClN3O2/c1-2-4-15(14(20)21)5-8-19(9-6-15)13-12(16)11(10-17)3-7-18-13/h3,7H,2,4-6,8-9H2,1H3,(H,20,21). The van der Waals surface area contributed by atoms with Crippen LogP contribution in [0.1, 0.15) is 38.2 Å². The number of aliphatic carboxylic acids is 1. The second-order valence-corrected chi connectivity index (χ2v) is 5.81. The van der Waals surface area contributed by atoms with Crippen molar-refractivity contribution in [3.8, 4) is 6.07 Å². The third kappa shape index (κ3) is 2.96. The van der Waals surface area contributed by atoms with Gasteiger partial charge in [-0.3, -0.25) is 4.79 Å². The molecule has 1 fully saturated rings. The van der Waals surface area contributed by atoms with Crippen LogP contribution in [0.15, 0.2) is 12.3 Å². The highest BCUT2D eigenvalue weighted by atomic mass is 35.5. The number of nitriles is 1. The quantitative estimate of drug-likeness (QED) is 0.925. The summed E-state index contributed by atoms with van der Waals surface area (Å²) >= 11 is 6.19. The lowest BCUT2D eigenvalue weighted by Crippen LogP contribution is -2.44. The number of halogens is 1. The minimum absolute atomic E-state index is 0.346. The Morgan fingerprint density at radius 1 is 1.57 bits per heavy atom. The SMILES string of the molecule is CCCC1(C(=O)O)CCN(c2nccc(C#N)c2Cl)CC1. The Morgan fingerprint density at radius 2 is 2.24 bits per heavy atom. The number of aromatic nitrogens is 1. The molecular weight excluding hydrogens is 290 g/mol. The van der Waals surface area contributed by atoms with Crippen molar-refractivity contribution in [2.75, 3.05) is 18.0 Å². The second kappa shape index (κ2) is 6.31. The number of hydrogen-bond acceptors (Lipinski definition) is 4. The molecule has 21 heavy (non-hydrogen) atoms. The molecule has 5 nitrogen and oxygen atoms in total. The van der Waals surface area contributed by atoms with Crippen molar-refractivity contribution in [1.82, 2.24) is 4.98 Å². The van der Waals surface area contributed by atoms with Crippen LogP contribution in [-0.2, 0) is 4.79 Å². The van der Waals surface area contributed by atoms with Crippen molar-refractivity contribution in [2.45, 2.75) is 32.6 Å². The zero-order valence-electron chi connectivity index (χ0n) is 12.0. The summed E-state index contributed by atoms with van der Waals surface area (Å²) in [7, 11) is 0. The molecule has 0 aliphatic carbocycles. The molecule has 1 N–H and O–H groups in total. The summed E-state index contributed by atoms with van der Waals surface area (Å²) in [5, 5.41) is 18.9. The maximum Gasteiger partial charge on any atom is 0.309 e. The Bertz CT molecular complexity index is 575. The van der Waals surface area contributed by atoms with Gasteiger partial charge in [0.15, 0.2) is 0 Å². The molecule has 0 unspecified atom stereocenters. The summed E-state index contributed by atoms with van der Waals surface area (Å²) in [5.74, 6) is -0.139. The van der Waals surface area contributed by atoms with Crippen molar-refractivity contribution in [3.05, 3.63) is 22.8 Å². The Kier molecular flexibility index (Phi) is 4.69. The summed E-state index contributed by atoms with van der Waals surface area (Å²) < 4.78 is 0. The van der Waals surface area contributed by atoms with Gasteiger partial charge in [0.1, 0.15) is 16.9 Å². The van der Waals surface area contributed by atoms with E-state index in [-0.39, 0.29) is 0 Å². The van der Waals surface area contributed by atoms with E-state index in [1.807, 2.05) is 17.9 Å². The highest BCUT2D eigenvalue weighted by Crippen LogP contribution is 2.39. The first-order valence-corrected chi connectivity index (χ1v) is 7.45. The molecule has 2 rings (SSSR count). The third-order valence-corrected chi connectivity index (χ3v) is 4.57. The average molecular weight is 308 g/mol. The van der Waals surface area contributed by atoms with Gasteiger partial charge in [-0.15, -0.1) is 0 Å². The van der Waals surface area contributed by atoms with E-state index in [1.165, 1.54) is 0 Å². The van der Waals surface area contributed by atoms with E-state index < -0.39 is 11.4 Å². The Labute approximate surface area is 129 Å². The Hall–Kier alpha value is -1.80. The van der Waals surface area contributed by atoms with E-state index in [0.717, 1.165) is 6.42 Å². The molecule has 1 saturated heterocycles. The molecule has 0 saturated carbocycles. The minimum Gasteiger partial charge on any atom is -0.481 e. The predicted molar refractivity (Wildman–Crippen MR) is 80.4 cm³/mol. The van der Waals surface area contributed by atoms with Crippen LogP contribution < -0.4 is 4.90 Å². The number of pyridine rings is 1. The van der Waals surface area contributed by atoms with Crippen LogP contribution in [0, 0.1) is 16.7 Å². The lowest BCUT2D eigenvalue weighted by molar-refractivity contribution is -0.150. The predicted octanol–water partition coefficient (Wildman–Crippen LogP) is 3.08. The zero-order chi connectivity index (χ0) is 15.5. The van der Waals surface area contributed by atoms with E-state index in [4.69, 9.17) is 16.9 Å². The summed E-state index contributed by atoms with van der Waals surface area (Å²) in [6.07, 6.45) is 4.26. The highest BCUT2D eigenvalue weighted by Gasteiger charge is 2.41. The lowest BCUT2D eigenvalue weighted by Gasteiger charge is -2.39. The van der Waals surface area contributed by atoms with Crippen LogP contribution in [0.4, 0.5) is 5.82 Å².